The highest BCUT2D eigenvalue weighted by Gasteiger charge is 2.19. The molecule has 1 aliphatic heterocycles. The zero-order valence-corrected chi connectivity index (χ0v) is 16.5. The summed E-state index contributed by atoms with van der Waals surface area (Å²) in [6.45, 7) is 1.91. The maximum Gasteiger partial charge on any atom is 0.260 e. The molecule has 0 unspecified atom stereocenters. The summed E-state index contributed by atoms with van der Waals surface area (Å²) in [4.78, 5) is 26.3. The van der Waals surface area contributed by atoms with Gasteiger partial charge in [0.25, 0.3) is 11.8 Å². The van der Waals surface area contributed by atoms with E-state index >= 15 is 0 Å². The van der Waals surface area contributed by atoms with E-state index in [9.17, 15) is 14.0 Å². The molecule has 7 nitrogen and oxygen atoms in total. The summed E-state index contributed by atoms with van der Waals surface area (Å²) < 4.78 is 30.0. The van der Waals surface area contributed by atoms with E-state index in [1.165, 1.54) is 43.5 Å². The minimum absolute atomic E-state index is 0.0297. The van der Waals surface area contributed by atoms with Gasteiger partial charge in [-0.2, -0.15) is 0 Å². The Bertz CT molecular complexity index is 902. The number of carbonyl (C=O) groups excluding carboxylic acids is 2. The van der Waals surface area contributed by atoms with Crippen LogP contribution in [-0.2, 0) is 9.53 Å². The van der Waals surface area contributed by atoms with Crippen LogP contribution in [-0.4, -0.2) is 56.7 Å². The molecule has 2 amide bonds. The highest BCUT2D eigenvalue weighted by molar-refractivity contribution is 6.31. The Morgan fingerprint density at radius 2 is 1.97 bits per heavy atom. The fourth-order valence-corrected chi connectivity index (χ4v) is 2.94. The van der Waals surface area contributed by atoms with Gasteiger partial charge >= 0.3 is 0 Å². The lowest BCUT2D eigenvalue weighted by molar-refractivity contribution is -0.137. The predicted molar refractivity (Wildman–Crippen MR) is 105 cm³/mol. The van der Waals surface area contributed by atoms with Crippen LogP contribution < -0.4 is 14.8 Å². The third-order valence-electron chi connectivity index (χ3n) is 4.34. The summed E-state index contributed by atoms with van der Waals surface area (Å²) >= 11 is 5.73. The summed E-state index contributed by atoms with van der Waals surface area (Å²) in [5, 5.41) is 2.38. The van der Waals surface area contributed by atoms with Crippen LogP contribution in [0.2, 0.25) is 5.02 Å². The van der Waals surface area contributed by atoms with Crippen LogP contribution in [0.5, 0.6) is 11.5 Å². The molecule has 0 saturated carbocycles. The van der Waals surface area contributed by atoms with Crippen molar-refractivity contribution in [3.05, 3.63) is 52.8 Å². The number of ether oxygens (including phenoxy) is 3. The quantitative estimate of drug-likeness (QED) is 0.774. The number of hydrogen-bond acceptors (Lipinski definition) is 5. The van der Waals surface area contributed by atoms with Crippen LogP contribution >= 0.6 is 11.6 Å². The normalized spacial score (nSPS) is 13.7. The molecule has 0 spiro atoms. The number of morpholine rings is 1. The van der Waals surface area contributed by atoms with Crippen molar-refractivity contribution >= 4 is 29.1 Å². The molecule has 0 radical (unpaired) electrons. The van der Waals surface area contributed by atoms with Crippen molar-refractivity contribution in [1.29, 1.82) is 0 Å². The van der Waals surface area contributed by atoms with Gasteiger partial charge < -0.3 is 24.4 Å². The third-order valence-corrected chi connectivity index (χ3v) is 4.63. The van der Waals surface area contributed by atoms with Gasteiger partial charge in [0.2, 0.25) is 0 Å². The Balaban J connectivity index is 1.67. The molecule has 3 rings (SSSR count). The SMILES string of the molecule is COc1cc(C(=O)Nc2cccc(Cl)c2F)ccc1OCC(=O)N1CCOCC1. The van der Waals surface area contributed by atoms with E-state index in [4.69, 9.17) is 25.8 Å². The molecule has 2 aromatic carbocycles. The molecular weight excluding hydrogens is 403 g/mol. The summed E-state index contributed by atoms with van der Waals surface area (Å²) in [5.41, 5.74) is 0.200. The van der Waals surface area contributed by atoms with Crippen molar-refractivity contribution in [2.45, 2.75) is 0 Å². The number of benzene rings is 2. The van der Waals surface area contributed by atoms with Crippen LogP contribution in [0, 0.1) is 5.82 Å². The van der Waals surface area contributed by atoms with E-state index in [0.29, 0.717) is 32.1 Å². The van der Waals surface area contributed by atoms with Crippen LogP contribution in [0.1, 0.15) is 10.4 Å². The van der Waals surface area contributed by atoms with Crippen molar-refractivity contribution < 1.29 is 28.2 Å². The van der Waals surface area contributed by atoms with Crippen LogP contribution in [0.4, 0.5) is 10.1 Å². The molecule has 2 aromatic rings. The van der Waals surface area contributed by atoms with E-state index in [1.54, 1.807) is 4.90 Å². The number of methoxy groups -OCH3 is 1. The molecular formula is C20H20ClFN2O5. The van der Waals surface area contributed by atoms with E-state index in [1.807, 2.05) is 0 Å². The maximum atomic E-state index is 14.0. The molecule has 1 saturated heterocycles. The molecule has 9 heteroatoms. The van der Waals surface area contributed by atoms with Gasteiger partial charge in [-0.1, -0.05) is 17.7 Å². The van der Waals surface area contributed by atoms with E-state index in [0.717, 1.165) is 0 Å². The van der Waals surface area contributed by atoms with Gasteiger partial charge in [-0.05, 0) is 30.3 Å². The fraction of sp³-hybridized carbons (Fsp3) is 0.300. The first-order valence-corrected chi connectivity index (χ1v) is 9.29. The first-order chi connectivity index (χ1) is 14.0. The van der Waals surface area contributed by atoms with E-state index in [2.05, 4.69) is 5.32 Å². The summed E-state index contributed by atoms with van der Waals surface area (Å²) in [6.07, 6.45) is 0. The number of anilines is 1. The summed E-state index contributed by atoms with van der Waals surface area (Å²) in [5.74, 6) is -0.816. The maximum absolute atomic E-state index is 14.0. The van der Waals surface area contributed by atoms with Gasteiger partial charge in [0.05, 0.1) is 31.0 Å². The summed E-state index contributed by atoms with van der Waals surface area (Å²) in [7, 11) is 1.42. The Labute approximate surface area is 172 Å². The van der Waals surface area contributed by atoms with Crippen molar-refractivity contribution in [1.82, 2.24) is 4.90 Å². The zero-order valence-electron chi connectivity index (χ0n) is 15.7. The molecule has 0 atom stereocenters. The third kappa shape index (κ3) is 5.16. The van der Waals surface area contributed by atoms with Gasteiger partial charge in [-0.15, -0.1) is 0 Å². The minimum atomic E-state index is -0.712. The molecule has 0 aromatic heterocycles. The molecule has 0 aliphatic carbocycles. The second-order valence-corrected chi connectivity index (χ2v) is 6.61. The van der Waals surface area contributed by atoms with Gasteiger partial charge in [0.1, 0.15) is 0 Å². The lowest BCUT2D eigenvalue weighted by atomic mass is 10.1. The molecule has 154 valence electrons. The molecule has 1 heterocycles. The average Bonchev–Trinajstić information content (AvgIpc) is 2.75. The highest BCUT2D eigenvalue weighted by Crippen LogP contribution is 2.29. The number of amides is 2. The standard InChI is InChI=1S/C20H20ClFN2O5/c1-27-17-11-13(20(26)23-15-4-2-3-14(21)19(15)22)5-6-16(17)29-12-18(25)24-7-9-28-10-8-24/h2-6,11H,7-10,12H2,1H3,(H,23,26). The van der Waals surface area contributed by atoms with Crippen molar-refractivity contribution in [2.75, 3.05) is 45.3 Å². The number of nitrogens with one attached hydrogen (secondary N) is 1. The van der Waals surface area contributed by atoms with Crippen LogP contribution in [0.25, 0.3) is 0 Å². The second-order valence-electron chi connectivity index (χ2n) is 6.20. The Morgan fingerprint density at radius 1 is 1.21 bits per heavy atom. The summed E-state index contributed by atoms with van der Waals surface area (Å²) in [6, 6.07) is 8.80. The lowest BCUT2D eigenvalue weighted by Gasteiger charge is -2.26. The monoisotopic (exact) mass is 422 g/mol. The minimum Gasteiger partial charge on any atom is -0.493 e. The molecule has 1 aliphatic rings. The lowest BCUT2D eigenvalue weighted by Crippen LogP contribution is -2.43. The molecule has 1 fully saturated rings. The van der Waals surface area contributed by atoms with E-state index in [-0.39, 0.29) is 34.5 Å². The first-order valence-electron chi connectivity index (χ1n) is 8.91. The van der Waals surface area contributed by atoms with E-state index < -0.39 is 11.7 Å². The smallest absolute Gasteiger partial charge is 0.260 e. The average molecular weight is 423 g/mol. The predicted octanol–water partition coefficient (Wildman–Crippen LogP) is 2.98. The van der Waals surface area contributed by atoms with Gasteiger partial charge in [-0.25, -0.2) is 4.39 Å². The first kappa shape index (κ1) is 20.9. The largest absolute Gasteiger partial charge is 0.493 e. The Kier molecular flexibility index (Phi) is 6.90. The number of halogens is 2. The van der Waals surface area contributed by atoms with Crippen molar-refractivity contribution in [2.24, 2.45) is 0 Å². The molecule has 29 heavy (non-hydrogen) atoms. The number of carbonyl (C=O) groups is 2. The molecule has 1 N–H and O–H groups in total. The zero-order chi connectivity index (χ0) is 20.8. The van der Waals surface area contributed by atoms with Gasteiger partial charge in [0, 0.05) is 18.7 Å². The number of hydrogen-bond donors (Lipinski definition) is 1. The fourth-order valence-electron chi connectivity index (χ4n) is 2.77. The van der Waals surface area contributed by atoms with Gasteiger partial charge in [-0.3, -0.25) is 9.59 Å². The van der Waals surface area contributed by atoms with Crippen LogP contribution in [0.3, 0.4) is 0 Å². The highest BCUT2D eigenvalue weighted by atomic mass is 35.5. The second kappa shape index (κ2) is 9.58. The van der Waals surface area contributed by atoms with Crippen molar-refractivity contribution in [3.63, 3.8) is 0 Å². The Hall–Kier alpha value is -2.84. The topological polar surface area (TPSA) is 77.1 Å². The Morgan fingerprint density at radius 3 is 2.69 bits per heavy atom. The number of rotatable bonds is 6. The van der Waals surface area contributed by atoms with Crippen molar-refractivity contribution in [3.8, 4) is 11.5 Å². The van der Waals surface area contributed by atoms with Crippen LogP contribution in [0.15, 0.2) is 36.4 Å². The molecule has 0 bridgehead atoms. The number of nitrogens with zero attached hydrogens (tertiary/aromatic N) is 1. The van der Waals surface area contributed by atoms with Gasteiger partial charge in [0.15, 0.2) is 23.9 Å².